The molecule has 0 spiro atoms. The maximum absolute atomic E-state index is 13.0. The molecule has 2 N–H and O–H groups in total. The van der Waals surface area contributed by atoms with Crippen LogP contribution in [0.1, 0.15) is 60.1 Å². The third-order valence-corrected chi connectivity index (χ3v) is 7.98. The molecule has 0 saturated heterocycles. The number of benzene rings is 2. The molecule has 6 heteroatoms. The van der Waals surface area contributed by atoms with E-state index in [1.54, 1.807) is 19.2 Å². The fourth-order valence-corrected chi connectivity index (χ4v) is 5.70. The van der Waals surface area contributed by atoms with Crippen LogP contribution in [-0.4, -0.2) is 17.2 Å². The van der Waals surface area contributed by atoms with Crippen molar-refractivity contribution in [2.45, 2.75) is 69.3 Å². The van der Waals surface area contributed by atoms with E-state index < -0.39 is 21.4 Å². The first-order chi connectivity index (χ1) is 14.2. The Balaban J connectivity index is 1.62. The van der Waals surface area contributed by atoms with Gasteiger partial charge < -0.3 is 4.74 Å². The number of carbonyl (C=O) groups is 1. The van der Waals surface area contributed by atoms with E-state index in [0.717, 1.165) is 49.7 Å². The lowest BCUT2D eigenvalue weighted by molar-refractivity contribution is -0.117. The van der Waals surface area contributed by atoms with Gasteiger partial charge in [-0.05, 0) is 97.9 Å². The minimum absolute atomic E-state index is 0.189. The van der Waals surface area contributed by atoms with Crippen LogP contribution in [0.4, 0.5) is 0 Å². The molecule has 5 nitrogen and oxygen atoms in total. The van der Waals surface area contributed by atoms with Gasteiger partial charge in [0.15, 0.2) is 0 Å². The van der Waals surface area contributed by atoms with Crippen molar-refractivity contribution in [1.29, 1.82) is 0 Å². The van der Waals surface area contributed by atoms with E-state index >= 15 is 0 Å². The average Bonchev–Trinajstić information content (AvgIpc) is 3.36. The molecule has 2 aliphatic carbocycles. The summed E-state index contributed by atoms with van der Waals surface area (Å²) in [7, 11) is -1.65. The van der Waals surface area contributed by atoms with Crippen molar-refractivity contribution in [2.24, 2.45) is 9.50 Å². The first kappa shape index (κ1) is 21.2. The summed E-state index contributed by atoms with van der Waals surface area (Å²) >= 11 is 0. The lowest BCUT2D eigenvalue weighted by Crippen LogP contribution is -2.20. The van der Waals surface area contributed by atoms with Crippen LogP contribution >= 0.6 is 0 Å². The molecule has 2 aromatic rings. The van der Waals surface area contributed by atoms with Crippen LogP contribution in [0.25, 0.3) is 0 Å². The molecule has 0 aromatic heterocycles. The SMILES string of the molecule is COC(C)(C)c1ccc(S(N)(=O)=NC(=O)Cc2c3c(cc4c2CCC4)CCC3)cc1. The molecule has 0 aliphatic heterocycles. The maximum Gasteiger partial charge on any atom is 0.259 e. The summed E-state index contributed by atoms with van der Waals surface area (Å²) in [6, 6.07) is 9.33. The van der Waals surface area contributed by atoms with Crippen LogP contribution in [0.2, 0.25) is 0 Å². The van der Waals surface area contributed by atoms with Gasteiger partial charge in [-0.2, -0.15) is 0 Å². The molecule has 2 aromatic carbocycles. The minimum atomic E-state index is -3.29. The molecule has 0 radical (unpaired) electrons. The van der Waals surface area contributed by atoms with Crippen LogP contribution in [0.15, 0.2) is 39.6 Å². The summed E-state index contributed by atoms with van der Waals surface area (Å²) in [6.45, 7) is 3.90. The number of hydrogen-bond acceptors (Lipinski definition) is 3. The summed E-state index contributed by atoms with van der Waals surface area (Å²) in [6.07, 6.45) is 6.65. The molecule has 2 aliphatic rings. The number of nitrogens with zero attached hydrogens (tertiary/aromatic N) is 1. The van der Waals surface area contributed by atoms with Crippen LogP contribution in [0.5, 0.6) is 0 Å². The first-order valence-electron chi connectivity index (χ1n) is 10.6. The van der Waals surface area contributed by atoms with Gasteiger partial charge in [-0.25, -0.2) is 9.35 Å². The molecule has 30 heavy (non-hydrogen) atoms. The molecule has 0 saturated carbocycles. The Morgan fingerprint density at radius 2 is 1.63 bits per heavy atom. The van der Waals surface area contributed by atoms with E-state index in [9.17, 15) is 9.00 Å². The Bertz CT molecular complexity index is 1080. The van der Waals surface area contributed by atoms with Gasteiger partial charge >= 0.3 is 0 Å². The maximum atomic E-state index is 13.0. The summed E-state index contributed by atoms with van der Waals surface area (Å²) in [5.74, 6) is -0.404. The zero-order valence-corrected chi connectivity index (χ0v) is 18.8. The second-order valence-corrected chi connectivity index (χ2v) is 10.6. The molecular formula is C24H30N2O3S. The van der Waals surface area contributed by atoms with Gasteiger partial charge in [0.05, 0.1) is 16.9 Å². The Morgan fingerprint density at radius 1 is 1.07 bits per heavy atom. The molecule has 0 bridgehead atoms. The van der Waals surface area contributed by atoms with Crippen LogP contribution in [-0.2, 0) is 57.2 Å². The van der Waals surface area contributed by atoms with Gasteiger partial charge in [0.2, 0.25) is 0 Å². The average molecular weight is 427 g/mol. The molecule has 0 heterocycles. The molecular weight excluding hydrogens is 396 g/mol. The number of hydrogen-bond donors (Lipinski definition) is 1. The van der Waals surface area contributed by atoms with Crippen molar-refractivity contribution in [2.75, 3.05) is 7.11 Å². The molecule has 1 amide bonds. The number of aryl methyl sites for hydroxylation is 2. The largest absolute Gasteiger partial charge is 0.374 e. The number of amides is 1. The van der Waals surface area contributed by atoms with Crippen molar-refractivity contribution < 1.29 is 13.7 Å². The summed E-state index contributed by atoms with van der Waals surface area (Å²) in [5, 5.41) is 6.02. The zero-order chi connectivity index (χ0) is 21.5. The number of rotatable bonds is 5. The number of nitrogens with two attached hydrogens (primary N) is 1. The third-order valence-electron chi connectivity index (χ3n) is 6.56. The van der Waals surface area contributed by atoms with E-state index in [4.69, 9.17) is 9.88 Å². The van der Waals surface area contributed by atoms with Gasteiger partial charge in [0, 0.05) is 7.11 Å². The van der Waals surface area contributed by atoms with Gasteiger partial charge in [0.25, 0.3) is 5.91 Å². The van der Waals surface area contributed by atoms with Crippen LogP contribution in [0, 0.1) is 0 Å². The van der Waals surface area contributed by atoms with Gasteiger partial charge in [-0.1, -0.05) is 18.2 Å². The highest BCUT2D eigenvalue weighted by Gasteiger charge is 2.25. The fourth-order valence-electron chi connectivity index (χ4n) is 4.70. The van der Waals surface area contributed by atoms with Gasteiger partial charge in [-0.3, -0.25) is 4.79 Å². The predicted molar refractivity (Wildman–Crippen MR) is 119 cm³/mol. The second kappa shape index (κ2) is 7.91. The highest BCUT2D eigenvalue weighted by molar-refractivity contribution is 7.91. The topological polar surface area (TPSA) is 81.8 Å². The Morgan fingerprint density at radius 3 is 2.17 bits per heavy atom. The van der Waals surface area contributed by atoms with E-state index in [0.29, 0.717) is 4.90 Å². The summed E-state index contributed by atoms with van der Waals surface area (Å²) in [4.78, 5) is 13.2. The molecule has 0 fully saturated rings. The molecule has 4 rings (SSSR count). The molecule has 1 atom stereocenters. The highest BCUT2D eigenvalue weighted by atomic mass is 32.2. The molecule has 1 unspecified atom stereocenters. The van der Waals surface area contributed by atoms with Crippen molar-refractivity contribution in [3.8, 4) is 0 Å². The number of methoxy groups -OCH3 is 1. The van der Waals surface area contributed by atoms with Crippen LogP contribution in [0.3, 0.4) is 0 Å². The van der Waals surface area contributed by atoms with Crippen molar-refractivity contribution in [1.82, 2.24) is 0 Å². The monoisotopic (exact) mass is 426 g/mol. The van der Waals surface area contributed by atoms with Crippen molar-refractivity contribution in [3.05, 3.63) is 63.7 Å². The van der Waals surface area contributed by atoms with E-state index in [1.165, 1.54) is 22.3 Å². The van der Waals surface area contributed by atoms with E-state index in [2.05, 4.69) is 10.4 Å². The fraction of sp³-hybridized carbons (Fsp3) is 0.458. The van der Waals surface area contributed by atoms with Crippen molar-refractivity contribution >= 4 is 15.8 Å². The normalized spacial score (nSPS) is 17.3. The number of ether oxygens (including phenoxy) is 1. The smallest absolute Gasteiger partial charge is 0.259 e. The Kier molecular flexibility index (Phi) is 5.60. The number of carbonyl (C=O) groups excluding carboxylic acids is 1. The Hall–Kier alpha value is -2.02. The third kappa shape index (κ3) is 3.96. The zero-order valence-electron chi connectivity index (χ0n) is 18.0. The quantitative estimate of drug-likeness (QED) is 0.784. The first-order valence-corrected chi connectivity index (χ1v) is 12.2. The number of fused-ring (bicyclic) bond motifs is 2. The van der Waals surface area contributed by atoms with Gasteiger partial charge in [0.1, 0.15) is 9.92 Å². The van der Waals surface area contributed by atoms with E-state index in [-0.39, 0.29) is 6.42 Å². The van der Waals surface area contributed by atoms with E-state index in [1.807, 2.05) is 26.0 Å². The molecule has 160 valence electrons. The van der Waals surface area contributed by atoms with Crippen LogP contribution < -0.4 is 5.14 Å². The summed E-state index contributed by atoms with van der Waals surface area (Å²) in [5.41, 5.74) is 6.98. The second-order valence-electron chi connectivity index (χ2n) is 8.81. The highest BCUT2D eigenvalue weighted by Crippen LogP contribution is 2.35. The lowest BCUT2D eigenvalue weighted by Gasteiger charge is -2.23. The van der Waals surface area contributed by atoms with Crippen molar-refractivity contribution in [3.63, 3.8) is 0 Å². The Labute approximate surface area is 179 Å². The predicted octanol–water partition coefficient (Wildman–Crippen LogP) is 4.02. The minimum Gasteiger partial charge on any atom is -0.374 e. The lowest BCUT2D eigenvalue weighted by atomic mass is 9.92. The van der Waals surface area contributed by atoms with Gasteiger partial charge in [-0.15, -0.1) is 4.36 Å². The summed E-state index contributed by atoms with van der Waals surface area (Å²) < 4.78 is 22.5. The standard InChI is InChI=1S/C24H30N2O3S/c1-24(2,29-3)18-10-12-19(13-11-18)30(25,28)26-23(27)15-22-20-8-4-6-16(20)14-17-7-5-9-21(17)22/h10-14H,4-9,15H2,1-3H3,(H2,25,26,27,28).